The Labute approximate surface area is 219 Å². The van der Waals surface area contributed by atoms with Crippen LogP contribution in [0.25, 0.3) is 11.1 Å². The fraction of sp³-hybridized carbons (Fsp3) is 0.481. The molecule has 198 valence electrons. The number of amides is 1. The third-order valence-electron chi connectivity index (χ3n) is 5.35. The number of hydrogen-bond donors (Lipinski definition) is 0. The molecule has 0 bridgehead atoms. The third-order valence-corrected chi connectivity index (χ3v) is 7.78. The van der Waals surface area contributed by atoms with Crippen molar-refractivity contribution in [1.82, 2.24) is 4.90 Å². The van der Waals surface area contributed by atoms with Crippen LogP contribution in [0.1, 0.15) is 64.7 Å². The number of sulfone groups is 1. The first-order valence-corrected chi connectivity index (χ1v) is 13.9. The van der Waals surface area contributed by atoms with Gasteiger partial charge in [0.05, 0.1) is 15.7 Å². The summed E-state index contributed by atoms with van der Waals surface area (Å²) in [6.07, 6.45) is 1.72. The molecular formula is C27H36ClNO6S. The third kappa shape index (κ3) is 7.71. The molecule has 0 saturated carbocycles. The van der Waals surface area contributed by atoms with Crippen molar-refractivity contribution in [2.75, 3.05) is 20.2 Å². The van der Waals surface area contributed by atoms with Gasteiger partial charge in [0.15, 0.2) is 16.4 Å². The molecule has 0 fully saturated rings. The molecule has 0 aromatic heterocycles. The van der Waals surface area contributed by atoms with Gasteiger partial charge >= 0.3 is 5.97 Å². The van der Waals surface area contributed by atoms with Crippen LogP contribution in [-0.2, 0) is 19.4 Å². The van der Waals surface area contributed by atoms with Crippen molar-refractivity contribution in [2.24, 2.45) is 0 Å². The Morgan fingerprint density at radius 2 is 1.75 bits per heavy atom. The maximum absolute atomic E-state index is 13.3. The summed E-state index contributed by atoms with van der Waals surface area (Å²) in [5.41, 5.74) is 0.438. The van der Waals surface area contributed by atoms with Crippen LogP contribution in [0.15, 0.2) is 41.3 Å². The van der Waals surface area contributed by atoms with Gasteiger partial charge in [-0.25, -0.2) is 13.2 Å². The maximum atomic E-state index is 13.3. The predicted molar refractivity (Wildman–Crippen MR) is 142 cm³/mol. The summed E-state index contributed by atoms with van der Waals surface area (Å²) >= 11 is 6.24. The lowest BCUT2D eigenvalue weighted by Crippen LogP contribution is -2.30. The monoisotopic (exact) mass is 537 g/mol. The molecule has 0 spiro atoms. The molecule has 2 aromatic rings. The van der Waals surface area contributed by atoms with Gasteiger partial charge in [-0.15, -0.1) is 0 Å². The first-order chi connectivity index (χ1) is 16.7. The fourth-order valence-corrected chi connectivity index (χ4v) is 4.85. The van der Waals surface area contributed by atoms with E-state index in [1.54, 1.807) is 65.9 Å². The molecular weight excluding hydrogens is 502 g/mol. The highest BCUT2D eigenvalue weighted by Gasteiger charge is 2.28. The largest absolute Gasteiger partial charge is 0.481 e. The topological polar surface area (TPSA) is 90.0 Å². The minimum absolute atomic E-state index is 0.0542. The molecule has 0 heterocycles. The number of benzene rings is 2. The van der Waals surface area contributed by atoms with Crippen LogP contribution in [0.5, 0.6) is 5.75 Å². The normalized spacial score (nSPS) is 11.9. The molecule has 0 aliphatic carbocycles. The molecule has 2 rings (SSSR count). The quantitative estimate of drug-likeness (QED) is 0.357. The smallest absolute Gasteiger partial charge is 0.344 e. The van der Waals surface area contributed by atoms with Crippen LogP contribution >= 0.6 is 11.6 Å². The van der Waals surface area contributed by atoms with Crippen LogP contribution in [-0.4, -0.2) is 56.2 Å². The summed E-state index contributed by atoms with van der Waals surface area (Å²) < 4.78 is 37.6. The van der Waals surface area contributed by atoms with Gasteiger partial charge in [-0.1, -0.05) is 31.0 Å². The van der Waals surface area contributed by atoms with E-state index in [-0.39, 0.29) is 23.0 Å². The lowest BCUT2D eigenvalue weighted by Gasteiger charge is -2.21. The summed E-state index contributed by atoms with van der Waals surface area (Å²) in [5.74, 6) is -0.568. The van der Waals surface area contributed by atoms with Crippen LogP contribution < -0.4 is 4.74 Å². The summed E-state index contributed by atoms with van der Waals surface area (Å²) in [4.78, 5) is 26.8. The predicted octanol–water partition coefficient (Wildman–Crippen LogP) is 5.78. The molecule has 0 aliphatic rings. The molecule has 2 aromatic carbocycles. The number of carbonyl (C=O) groups is 2. The van der Waals surface area contributed by atoms with Crippen molar-refractivity contribution in [1.29, 1.82) is 0 Å². The average molecular weight is 538 g/mol. The molecule has 36 heavy (non-hydrogen) atoms. The first kappa shape index (κ1) is 29.6. The van der Waals surface area contributed by atoms with E-state index in [0.29, 0.717) is 28.4 Å². The minimum Gasteiger partial charge on any atom is -0.481 e. The fourth-order valence-electron chi connectivity index (χ4n) is 3.42. The number of ether oxygens (including phenoxy) is 2. The number of hydrogen-bond acceptors (Lipinski definition) is 6. The van der Waals surface area contributed by atoms with Crippen molar-refractivity contribution in [3.8, 4) is 16.9 Å². The molecule has 0 aliphatic heterocycles. The van der Waals surface area contributed by atoms with Crippen LogP contribution in [0.2, 0.25) is 5.02 Å². The molecule has 7 nitrogen and oxygen atoms in total. The molecule has 9 heteroatoms. The van der Waals surface area contributed by atoms with E-state index < -0.39 is 26.7 Å². The lowest BCUT2D eigenvalue weighted by molar-refractivity contribution is -0.157. The zero-order chi connectivity index (χ0) is 27.3. The Hall–Kier alpha value is -2.58. The Morgan fingerprint density at radius 3 is 2.33 bits per heavy atom. The van der Waals surface area contributed by atoms with Gasteiger partial charge in [-0.2, -0.15) is 0 Å². The van der Waals surface area contributed by atoms with Crippen LogP contribution in [0.3, 0.4) is 0 Å². The van der Waals surface area contributed by atoms with Gasteiger partial charge in [-0.3, -0.25) is 4.79 Å². The Morgan fingerprint density at radius 1 is 1.08 bits per heavy atom. The second kappa shape index (κ2) is 12.1. The van der Waals surface area contributed by atoms with Crippen molar-refractivity contribution < 1.29 is 27.5 Å². The summed E-state index contributed by atoms with van der Waals surface area (Å²) in [6.45, 7) is 10.7. The van der Waals surface area contributed by atoms with Crippen molar-refractivity contribution in [2.45, 2.75) is 70.1 Å². The first-order valence-electron chi connectivity index (χ1n) is 11.9. The number of carbonyl (C=O) groups excluding carboxylic acids is 2. The van der Waals surface area contributed by atoms with E-state index in [2.05, 4.69) is 0 Å². The molecule has 0 atom stereocenters. The SMILES string of the molecule is CCCCN(C)C(=O)c1ccc(-c2cc(Cl)ccc2OCC(=O)OC(C)(C)C)cc1S(=O)(=O)C(C)C. The standard InChI is InChI=1S/C27H36ClNO6S/c1-8-9-14-29(7)26(31)21-12-10-19(15-24(21)36(32,33)18(2)3)22-16-20(28)11-13-23(22)34-17-25(30)35-27(4,5)6/h10-13,15-16,18H,8-9,14,17H2,1-7H3. The Balaban J connectivity index is 2.56. The number of rotatable bonds is 10. The van der Waals surface area contributed by atoms with Crippen LogP contribution in [0.4, 0.5) is 0 Å². The van der Waals surface area contributed by atoms with E-state index in [4.69, 9.17) is 21.1 Å². The molecule has 1 amide bonds. The summed E-state index contributed by atoms with van der Waals surface area (Å²) in [5, 5.41) is -0.329. The van der Waals surface area contributed by atoms with Crippen molar-refractivity contribution >= 4 is 33.3 Å². The van der Waals surface area contributed by atoms with Crippen LogP contribution in [0, 0.1) is 0 Å². The summed E-state index contributed by atoms with van der Waals surface area (Å²) in [7, 11) is -2.14. The second-order valence-electron chi connectivity index (χ2n) is 9.90. The van der Waals surface area contributed by atoms with E-state index in [1.165, 1.54) is 17.0 Å². The van der Waals surface area contributed by atoms with Gasteiger partial charge in [-0.05, 0) is 76.9 Å². The number of halogens is 1. The van der Waals surface area contributed by atoms with Gasteiger partial charge in [0, 0.05) is 24.2 Å². The highest BCUT2D eigenvalue weighted by Crippen LogP contribution is 2.36. The molecule has 0 unspecified atom stereocenters. The highest BCUT2D eigenvalue weighted by atomic mass is 35.5. The second-order valence-corrected chi connectivity index (χ2v) is 12.8. The van der Waals surface area contributed by atoms with Gasteiger partial charge < -0.3 is 14.4 Å². The molecule has 0 N–H and O–H groups in total. The Bertz CT molecular complexity index is 1200. The summed E-state index contributed by atoms with van der Waals surface area (Å²) in [6, 6.07) is 9.50. The minimum atomic E-state index is -3.80. The van der Waals surface area contributed by atoms with Gasteiger partial charge in [0.2, 0.25) is 0 Å². The maximum Gasteiger partial charge on any atom is 0.344 e. The Kier molecular flexibility index (Phi) is 9.97. The zero-order valence-electron chi connectivity index (χ0n) is 22.1. The van der Waals surface area contributed by atoms with Crippen molar-refractivity contribution in [3.05, 3.63) is 47.0 Å². The zero-order valence-corrected chi connectivity index (χ0v) is 23.6. The lowest BCUT2D eigenvalue weighted by atomic mass is 10.0. The van der Waals surface area contributed by atoms with Gasteiger partial charge in [0.25, 0.3) is 5.91 Å². The van der Waals surface area contributed by atoms with E-state index in [9.17, 15) is 18.0 Å². The number of unbranched alkanes of at least 4 members (excludes halogenated alkanes) is 1. The van der Waals surface area contributed by atoms with Gasteiger partial charge in [0.1, 0.15) is 11.4 Å². The number of esters is 1. The van der Waals surface area contributed by atoms with Crippen molar-refractivity contribution in [3.63, 3.8) is 0 Å². The molecule has 0 radical (unpaired) electrons. The van der Waals surface area contributed by atoms with E-state index in [1.807, 2.05) is 6.92 Å². The average Bonchev–Trinajstić information content (AvgIpc) is 2.79. The van der Waals surface area contributed by atoms with E-state index >= 15 is 0 Å². The molecule has 0 saturated heterocycles. The number of nitrogens with zero attached hydrogens (tertiary/aromatic N) is 1. The van der Waals surface area contributed by atoms with E-state index in [0.717, 1.165) is 12.8 Å². The highest BCUT2D eigenvalue weighted by molar-refractivity contribution is 7.92.